The number of alkyl halides is 6. The monoisotopic (exact) mass is 1130 g/mol. The Morgan fingerprint density at radius 3 is 1.66 bits per heavy atom. The van der Waals surface area contributed by atoms with E-state index in [1.807, 2.05) is 40.7 Å². The molecule has 0 atom stereocenters. The Morgan fingerprint density at radius 1 is 0.646 bits per heavy atom. The summed E-state index contributed by atoms with van der Waals surface area (Å²) in [5, 5.41) is 8.52. The van der Waals surface area contributed by atoms with E-state index in [1.165, 1.54) is 38.3 Å². The number of halogens is 7. The van der Waals surface area contributed by atoms with Gasteiger partial charge in [0.1, 0.15) is 0 Å². The number of benzene rings is 2. The molecule has 0 unspecified atom stereocenters. The molecule has 18 nitrogen and oxygen atoms in total. The van der Waals surface area contributed by atoms with Gasteiger partial charge in [-0.2, -0.15) is 36.5 Å². The molecule has 0 fully saturated rings. The van der Waals surface area contributed by atoms with E-state index in [0.717, 1.165) is 63.8 Å². The molecule has 25 heteroatoms. The Bertz CT molecular complexity index is 3560. The maximum atomic E-state index is 13.4. The van der Waals surface area contributed by atoms with Gasteiger partial charge in [-0.05, 0) is 86.6 Å². The number of aromatic nitrogens is 10. The van der Waals surface area contributed by atoms with E-state index in [4.69, 9.17) is 16.3 Å². The summed E-state index contributed by atoms with van der Waals surface area (Å²) in [6, 6.07) is 10.1. The molecule has 0 aliphatic heterocycles. The number of imidazole rings is 1. The van der Waals surface area contributed by atoms with Crippen LogP contribution in [-0.4, -0.2) is 72.1 Å². The Hall–Kier alpha value is -7.76. The highest BCUT2D eigenvalue weighted by atomic mass is 35.5. The van der Waals surface area contributed by atoms with Crippen molar-refractivity contribution in [3.63, 3.8) is 0 Å². The molecule has 0 spiro atoms. The molecule has 79 heavy (non-hydrogen) atoms. The zero-order chi connectivity index (χ0) is 57.8. The number of carbonyl (C=O) groups is 2. The Labute approximate surface area is 454 Å². The van der Waals surface area contributed by atoms with Crippen molar-refractivity contribution < 1.29 is 45.4 Å². The minimum absolute atomic E-state index is 0.0219. The number of allylic oxidation sites excluding steroid dienone is 1. The van der Waals surface area contributed by atoms with Gasteiger partial charge in [0.2, 0.25) is 0 Å². The average molecular weight is 1130 g/mol. The maximum absolute atomic E-state index is 13.4. The van der Waals surface area contributed by atoms with Gasteiger partial charge in [-0.25, -0.2) is 28.7 Å². The van der Waals surface area contributed by atoms with E-state index in [-0.39, 0.29) is 61.0 Å². The van der Waals surface area contributed by atoms with Crippen LogP contribution in [0.1, 0.15) is 119 Å². The molecule has 0 N–H and O–H groups in total. The Kier molecular flexibility index (Phi) is 20.5. The molecule has 5 aromatic heterocycles. The molecule has 2 aromatic carbocycles. The van der Waals surface area contributed by atoms with Crippen molar-refractivity contribution in [2.75, 3.05) is 13.2 Å². The van der Waals surface area contributed by atoms with Gasteiger partial charge < -0.3 is 9.47 Å². The molecule has 1 aliphatic carbocycles. The second kappa shape index (κ2) is 26.7. The third kappa shape index (κ3) is 14.5. The SMILES string of the molecule is CCCCOC(=O)Cl.CCCCOC(=O)n1c(-c2cnn(Cc3cccc(C(F)(F)F)c3)c2)nc2c1c(=O)n(CCC)c(=O)n2CC.CCCn1c(=O)c2c(n(CC)c1=O)C=C(c1cnn(Cc3cccc(C(F)(F)F)c3)c1)C2. The highest BCUT2D eigenvalue weighted by Crippen LogP contribution is 2.32. The van der Waals surface area contributed by atoms with E-state index in [2.05, 4.69) is 19.9 Å². The quantitative estimate of drug-likeness (QED) is 0.0451. The molecular weight excluding hydrogens is 1070 g/mol. The normalized spacial score (nSPS) is 12.1. The van der Waals surface area contributed by atoms with Crippen molar-refractivity contribution in [3.8, 4) is 11.4 Å². The lowest BCUT2D eigenvalue weighted by Gasteiger charge is -2.12. The van der Waals surface area contributed by atoms with E-state index in [1.54, 1.807) is 40.7 Å². The minimum atomic E-state index is -4.48. The first kappa shape index (κ1) is 60.5. The van der Waals surface area contributed by atoms with Crippen LogP contribution in [0.3, 0.4) is 0 Å². The number of aryl methyl sites for hydroxylation is 1. The molecule has 7 aromatic rings. The summed E-state index contributed by atoms with van der Waals surface area (Å²) in [7, 11) is 0. The number of hydrogen-bond acceptors (Lipinski definition) is 11. The van der Waals surface area contributed by atoms with Crippen molar-refractivity contribution >= 4 is 45.9 Å². The molecule has 1 aliphatic rings. The standard InChI is InChI=1S/C26H29F3N6O4.C23H23F3N4O2.C5H9ClO2/c1-4-7-12-39-25(38)35-20-22(33(6-3)24(37)34(11-5-2)23(20)36)31-21(35)18-14-30-32(16-18)15-17-9-8-10-19(13-17)26(27,28)29;1-3-8-30-21(31)19-10-16(11-20(19)29(4-2)22(30)32)17-12-27-28(14-17)13-15-6-5-7-18(9-15)23(24,25)26;1-2-3-4-8-5(6)7/h8-10,13-14,16H,4-7,11-12,15H2,1-3H3;5-7,9,11-12,14H,3-4,8,10,13H2,1-2H3;2-4H2,1H3. The molecule has 0 saturated heterocycles. The predicted molar refractivity (Wildman–Crippen MR) is 285 cm³/mol. The van der Waals surface area contributed by atoms with Gasteiger partial charge in [0.15, 0.2) is 17.0 Å². The van der Waals surface area contributed by atoms with Crippen LogP contribution in [0.15, 0.2) is 92.5 Å². The third-order valence-electron chi connectivity index (χ3n) is 12.5. The lowest BCUT2D eigenvalue weighted by atomic mass is 10.1. The van der Waals surface area contributed by atoms with Gasteiger partial charge >= 0.3 is 35.3 Å². The lowest BCUT2D eigenvalue weighted by molar-refractivity contribution is -0.138. The predicted octanol–water partition coefficient (Wildman–Crippen LogP) is 10.5. The largest absolute Gasteiger partial charge is 0.454 e. The molecule has 424 valence electrons. The van der Waals surface area contributed by atoms with Gasteiger partial charge in [-0.3, -0.25) is 37.2 Å². The molecule has 0 saturated carbocycles. The van der Waals surface area contributed by atoms with Crippen molar-refractivity contribution in [2.24, 2.45) is 0 Å². The first-order chi connectivity index (χ1) is 37.6. The second-order valence-corrected chi connectivity index (χ2v) is 18.6. The number of nitrogens with zero attached hydrogens (tertiary/aromatic N) is 10. The number of hydrogen-bond donors (Lipinski definition) is 0. The van der Waals surface area contributed by atoms with Crippen LogP contribution < -0.4 is 22.5 Å². The number of carbonyl (C=O) groups excluding carboxylic acids is 2. The van der Waals surface area contributed by atoms with Gasteiger partial charge in [0, 0.05) is 67.7 Å². The fourth-order valence-corrected chi connectivity index (χ4v) is 8.73. The van der Waals surface area contributed by atoms with E-state index >= 15 is 0 Å². The summed E-state index contributed by atoms with van der Waals surface area (Å²) < 4.78 is 97.4. The van der Waals surface area contributed by atoms with Crippen molar-refractivity contribution in [3.05, 3.63) is 154 Å². The molecule has 5 heterocycles. The molecule has 0 amide bonds. The summed E-state index contributed by atoms with van der Waals surface area (Å²) in [4.78, 5) is 79.7. The van der Waals surface area contributed by atoms with Crippen LogP contribution in [0.25, 0.3) is 34.2 Å². The lowest BCUT2D eigenvalue weighted by Crippen LogP contribution is -2.42. The number of unbranched alkanes of at least 4 members (excludes halogenated alkanes) is 2. The number of fused-ring (bicyclic) bond motifs is 2. The Balaban J connectivity index is 0.000000227. The van der Waals surface area contributed by atoms with Crippen LogP contribution >= 0.6 is 11.6 Å². The zero-order valence-corrected chi connectivity index (χ0v) is 45.3. The van der Waals surface area contributed by atoms with Crippen molar-refractivity contribution in [1.82, 2.24) is 47.4 Å². The molecule has 0 radical (unpaired) electrons. The zero-order valence-electron chi connectivity index (χ0n) is 44.5. The van der Waals surface area contributed by atoms with E-state index in [0.29, 0.717) is 73.3 Å². The highest BCUT2D eigenvalue weighted by Gasteiger charge is 2.32. The van der Waals surface area contributed by atoms with Crippen molar-refractivity contribution in [2.45, 2.75) is 138 Å². The third-order valence-corrected chi connectivity index (χ3v) is 12.6. The van der Waals surface area contributed by atoms with Crippen molar-refractivity contribution in [1.29, 1.82) is 0 Å². The summed E-state index contributed by atoms with van der Waals surface area (Å²) >= 11 is 4.85. The van der Waals surface area contributed by atoms with Crippen LogP contribution in [0.4, 0.5) is 35.9 Å². The van der Waals surface area contributed by atoms with Crippen LogP contribution in [0.5, 0.6) is 0 Å². The molecule has 8 rings (SSSR count). The Morgan fingerprint density at radius 2 is 1.15 bits per heavy atom. The summed E-state index contributed by atoms with van der Waals surface area (Å²) in [6.45, 7) is 13.2. The fraction of sp³-hybridized carbons (Fsp3) is 0.426. The smallest absolute Gasteiger partial charge is 0.420 e. The first-order valence-corrected chi connectivity index (χ1v) is 26.2. The topological polar surface area (TPSA) is 194 Å². The van der Waals surface area contributed by atoms with Gasteiger partial charge in [-0.1, -0.05) is 64.8 Å². The number of ether oxygens (including phenoxy) is 2. The summed E-state index contributed by atoms with van der Waals surface area (Å²) in [5.74, 6) is 0.0368. The van der Waals surface area contributed by atoms with Crippen LogP contribution in [0, 0.1) is 0 Å². The summed E-state index contributed by atoms with van der Waals surface area (Å²) in [6.07, 6.45) is 3.30. The van der Waals surface area contributed by atoms with Gasteiger partial charge in [0.05, 0.1) is 61.1 Å². The highest BCUT2D eigenvalue weighted by molar-refractivity contribution is 6.61. The second-order valence-electron chi connectivity index (χ2n) is 18.3. The molecular formula is C54H61ClF6N10O8. The summed E-state index contributed by atoms with van der Waals surface area (Å²) in [5.41, 5.74) is -0.00643. The first-order valence-electron chi connectivity index (χ1n) is 25.8. The van der Waals surface area contributed by atoms with E-state index < -0.39 is 46.3 Å². The van der Waals surface area contributed by atoms with Gasteiger partial charge in [0.25, 0.3) is 11.1 Å². The van der Waals surface area contributed by atoms with Gasteiger partial charge in [-0.15, -0.1) is 0 Å². The average Bonchev–Trinajstić information content (AvgIpc) is 4.34. The minimum Gasteiger partial charge on any atom is -0.454 e. The van der Waals surface area contributed by atoms with E-state index in [9.17, 15) is 55.1 Å². The molecule has 0 bridgehead atoms. The van der Waals surface area contributed by atoms with Crippen LogP contribution in [-0.2, 0) is 67.5 Å². The maximum Gasteiger partial charge on any atom is 0.420 e. The fourth-order valence-electron chi connectivity index (χ4n) is 8.65. The van der Waals surface area contributed by atoms with Crippen LogP contribution in [0.2, 0.25) is 0 Å². The number of rotatable bonds is 18.